The van der Waals surface area contributed by atoms with Gasteiger partial charge in [0, 0.05) is 17.0 Å². The highest BCUT2D eigenvalue weighted by atomic mass is 16.5. The fourth-order valence-corrected chi connectivity index (χ4v) is 2.71. The summed E-state index contributed by atoms with van der Waals surface area (Å²) in [5.41, 5.74) is 4.61. The maximum atomic E-state index is 5.23. The van der Waals surface area contributed by atoms with E-state index in [0.717, 1.165) is 17.0 Å². The smallest absolute Gasteiger partial charge is 0.118 e. The minimum atomic E-state index is 0.335. The van der Waals surface area contributed by atoms with Crippen LogP contribution in [0.5, 0.6) is 5.75 Å². The van der Waals surface area contributed by atoms with Crippen molar-refractivity contribution in [3.63, 3.8) is 0 Å². The van der Waals surface area contributed by atoms with E-state index in [4.69, 9.17) is 9.84 Å². The Morgan fingerprint density at radius 3 is 2.38 bits per heavy atom. The Kier molecular flexibility index (Phi) is 3.42. The number of nitrogens with zero attached hydrogens (tertiary/aromatic N) is 2. The highest BCUT2D eigenvalue weighted by Crippen LogP contribution is 2.32. The molecule has 2 aromatic carbocycles. The van der Waals surface area contributed by atoms with E-state index in [2.05, 4.69) is 55.8 Å². The van der Waals surface area contributed by atoms with Gasteiger partial charge in [0.2, 0.25) is 0 Å². The topological polar surface area (TPSA) is 27.1 Å². The van der Waals surface area contributed by atoms with E-state index in [0.29, 0.717) is 6.04 Å². The number of fused-ring (bicyclic) bond motifs is 1. The van der Waals surface area contributed by atoms with Crippen molar-refractivity contribution in [2.75, 3.05) is 7.11 Å². The Balaban J connectivity index is 2.26. The van der Waals surface area contributed by atoms with Gasteiger partial charge in [0.05, 0.1) is 12.6 Å². The molecular weight excluding hydrogens is 260 g/mol. The minimum Gasteiger partial charge on any atom is -0.497 e. The number of hydrogen-bond acceptors (Lipinski definition) is 2. The molecule has 3 nitrogen and oxygen atoms in total. The molecule has 0 saturated heterocycles. The first-order valence-corrected chi connectivity index (χ1v) is 7.24. The van der Waals surface area contributed by atoms with E-state index in [1.54, 1.807) is 7.11 Å². The van der Waals surface area contributed by atoms with Crippen molar-refractivity contribution in [3.05, 3.63) is 48.0 Å². The Morgan fingerprint density at radius 2 is 1.76 bits per heavy atom. The van der Waals surface area contributed by atoms with Crippen LogP contribution in [-0.4, -0.2) is 16.9 Å². The molecule has 0 radical (unpaired) electrons. The third-order valence-corrected chi connectivity index (χ3v) is 3.79. The van der Waals surface area contributed by atoms with Crippen molar-refractivity contribution in [3.8, 4) is 17.0 Å². The SMILES string of the molecule is COc1ccc(-c2nn(C(C)C)c3cccc(C)c23)cc1. The van der Waals surface area contributed by atoms with Crippen LogP contribution in [0.15, 0.2) is 42.5 Å². The predicted molar refractivity (Wildman–Crippen MR) is 86.8 cm³/mol. The van der Waals surface area contributed by atoms with Gasteiger partial charge in [-0.15, -0.1) is 0 Å². The molecule has 0 unspecified atom stereocenters. The molecule has 3 aromatic rings. The lowest BCUT2D eigenvalue weighted by Gasteiger charge is -2.06. The summed E-state index contributed by atoms with van der Waals surface area (Å²) >= 11 is 0. The highest BCUT2D eigenvalue weighted by molar-refractivity contribution is 5.95. The fourth-order valence-electron chi connectivity index (χ4n) is 2.71. The zero-order chi connectivity index (χ0) is 15.0. The van der Waals surface area contributed by atoms with Crippen LogP contribution in [0.3, 0.4) is 0 Å². The molecule has 0 spiro atoms. The number of methoxy groups -OCH3 is 1. The maximum absolute atomic E-state index is 5.23. The summed E-state index contributed by atoms with van der Waals surface area (Å²) in [5.74, 6) is 0.864. The van der Waals surface area contributed by atoms with Gasteiger partial charge in [-0.3, -0.25) is 4.68 Å². The molecule has 108 valence electrons. The van der Waals surface area contributed by atoms with E-state index >= 15 is 0 Å². The Morgan fingerprint density at radius 1 is 1.05 bits per heavy atom. The van der Waals surface area contributed by atoms with Gasteiger partial charge in [0.25, 0.3) is 0 Å². The normalized spacial score (nSPS) is 11.3. The lowest BCUT2D eigenvalue weighted by molar-refractivity contribution is 0.415. The van der Waals surface area contributed by atoms with Gasteiger partial charge in [0.15, 0.2) is 0 Å². The van der Waals surface area contributed by atoms with Crippen molar-refractivity contribution < 1.29 is 4.74 Å². The molecule has 0 aliphatic rings. The van der Waals surface area contributed by atoms with Crippen molar-refractivity contribution in [1.29, 1.82) is 0 Å². The van der Waals surface area contributed by atoms with Gasteiger partial charge < -0.3 is 4.74 Å². The van der Waals surface area contributed by atoms with E-state index in [1.807, 2.05) is 12.1 Å². The second-order valence-electron chi connectivity index (χ2n) is 5.58. The predicted octanol–water partition coefficient (Wildman–Crippen LogP) is 4.60. The van der Waals surface area contributed by atoms with Gasteiger partial charge in [-0.1, -0.05) is 12.1 Å². The molecule has 0 atom stereocenters. The van der Waals surface area contributed by atoms with Gasteiger partial charge in [-0.25, -0.2) is 0 Å². The monoisotopic (exact) mass is 280 g/mol. The van der Waals surface area contributed by atoms with Crippen molar-refractivity contribution in [1.82, 2.24) is 9.78 Å². The van der Waals surface area contributed by atoms with Gasteiger partial charge in [-0.05, 0) is 56.7 Å². The molecule has 3 heteroatoms. The number of ether oxygens (including phenoxy) is 1. The zero-order valence-corrected chi connectivity index (χ0v) is 12.9. The summed E-state index contributed by atoms with van der Waals surface area (Å²) in [6.07, 6.45) is 0. The van der Waals surface area contributed by atoms with Crippen LogP contribution in [-0.2, 0) is 0 Å². The molecule has 3 rings (SSSR count). The van der Waals surface area contributed by atoms with Crippen LogP contribution < -0.4 is 4.74 Å². The lowest BCUT2D eigenvalue weighted by atomic mass is 10.0. The van der Waals surface area contributed by atoms with Crippen molar-refractivity contribution in [2.45, 2.75) is 26.8 Å². The standard InChI is InChI=1S/C18H20N2O/c1-12(2)20-16-7-5-6-13(3)17(16)18(19-20)14-8-10-15(21-4)11-9-14/h5-12H,1-4H3. The summed E-state index contributed by atoms with van der Waals surface area (Å²) in [5, 5.41) is 6.08. The second-order valence-corrected chi connectivity index (χ2v) is 5.58. The number of aryl methyl sites for hydroxylation is 1. The van der Waals surface area contributed by atoms with Gasteiger partial charge in [0.1, 0.15) is 11.4 Å². The summed E-state index contributed by atoms with van der Waals surface area (Å²) in [7, 11) is 1.68. The first kappa shape index (κ1) is 13.7. The van der Waals surface area contributed by atoms with Crippen LogP contribution in [0.2, 0.25) is 0 Å². The molecular formula is C18H20N2O. The average molecular weight is 280 g/mol. The lowest BCUT2D eigenvalue weighted by Crippen LogP contribution is -2.02. The number of rotatable bonds is 3. The van der Waals surface area contributed by atoms with Crippen molar-refractivity contribution >= 4 is 10.9 Å². The third-order valence-electron chi connectivity index (χ3n) is 3.79. The second kappa shape index (κ2) is 5.24. The van der Waals surface area contributed by atoms with E-state index < -0.39 is 0 Å². The molecule has 1 heterocycles. The van der Waals surface area contributed by atoms with Crippen molar-refractivity contribution in [2.24, 2.45) is 0 Å². The average Bonchev–Trinajstić information content (AvgIpc) is 2.88. The molecule has 0 aliphatic heterocycles. The molecule has 1 aromatic heterocycles. The quantitative estimate of drug-likeness (QED) is 0.701. The van der Waals surface area contributed by atoms with Gasteiger partial charge in [-0.2, -0.15) is 5.10 Å². The summed E-state index contributed by atoms with van der Waals surface area (Å²) in [4.78, 5) is 0. The largest absolute Gasteiger partial charge is 0.497 e. The maximum Gasteiger partial charge on any atom is 0.118 e. The summed E-state index contributed by atoms with van der Waals surface area (Å²) in [6.45, 7) is 6.46. The summed E-state index contributed by atoms with van der Waals surface area (Å²) in [6, 6.07) is 14.8. The van der Waals surface area contributed by atoms with Crippen LogP contribution in [0.1, 0.15) is 25.5 Å². The minimum absolute atomic E-state index is 0.335. The molecule has 0 aliphatic carbocycles. The Hall–Kier alpha value is -2.29. The number of aromatic nitrogens is 2. The molecule has 0 N–H and O–H groups in total. The van der Waals surface area contributed by atoms with E-state index in [9.17, 15) is 0 Å². The van der Waals surface area contributed by atoms with Crippen LogP contribution in [0.25, 0.3) is 22.2 Å². The first-order chi connectivity index (χ1) is 10.1. The van der Waals surface area contributed by atoms with Gasteiger partial charge >= 0.3 is 0 Å². The molecule has 0 saturated carbocycles. The van der Waals surface area contributed by atoms with Crippen LogP contribution >= 0.6 is 0 Å². The van der Waals surface area contributed by atoms with E-state index in [1.165, 1.54) is 16.5 Å². The Labute approximate surface area is 125 Å². The summed E-state index contributed by atoms with van der Waals surface area (Å²) < 4.78 is 7.33. The molecule has 0 amide bonds. The number of benzene rings is 2. The molecule has 21 heavy (non-hydrogen) atoms. The molecule has 0 bridgehead atoms. The number of hydrogen-bond donors (Lipinski definition) is 0. The fraction of sp³-hybridized carbons (Fsp3) is 0.278. The van der Waals surface area contributed by atoms with Crippen LogP contribution in [0.4, 0.5) is 0 Å². The highest BCUT2D eigenvalue weighted by Gasteiger charge is 2.15. The first-order valence-electron chi connectivity index (χ1n) is 7.24. The third kappa shape index (κ3) is 2.29. The van der Waals surface area contributed by atoms with E-state index in [-0.39, 0.29) is 0 Å². The zero-order valence-electron chi connectivity index (χ0n) is 12.9. The Bertz CT molecular complexity index is 770. The molecule has 0 fully saturated rings. The van der Waals surface area contributed by atoms with Crippen LogP contribution in [0, 0.1) is 6.92 Å².